The zero-order chi connectivity index (χ0) is 21.2. The number of amides is 1. The molecule has 0 fully saturated rings. The Hall–Kier alpha value is -2.74. The van der Waals surface area contributed by atoms with Gasteiger partial charge in [0.25, 0.3) is 0 Å². The molecule has 3 rings (SSSR count). The van der Waals surface area contributed by atoms with Crippen molar-refractivity contribution in [3.8, 4) is 11.5 Å². The largest absolute Gasteiger partial charge is 0.454 e. The summed E-state index contributed by atoms with van der Waals surface area (Å²) in [6.07, 6.45) is 0. The van der Waals surface area contributed by atoms with Gasteiger partial charge in [-0.05, 0) is 51.0 Å². The van der Waals surface area contributed by atoms with Crippen LogP contribution in [0.1, 0.15) is 36.6 Å². The molecular weight excluding hydrogens is 392 g/mol. The molecule has 8 heteroatoms. The lowest BCUT2D eigenvalue weighted by Gasteiger charge is -2.25. The highest BCUT2D eigenvalue weighted by atomic mass is 32.2. The van der Waals surface area contributed by atoms with Crippen LogP contribution in [0.3, 0.4) is 0 Å². The normalized spacial score (nSPS) is 13.8. The van der Waals surface area contributed by atoms with Gasteiger partial charge in [0, 0.05) is 6.07 Å². The molecule has 1 N–H and O–H groups in total. The molecule has 0 saturated heterocycles. The van der Waals surface area contributed by atoms with Crippen LogP contribution in [0.5, 0.6) is 11.5 Å². The van der Waals surface area contributed by atoms with E-state index in [-0.39, 0.29) is 31.0 Å². The Balaban J connectivity index is 1.80. The average molecular weight is 419 g/mol. The summed E-state index contributed by atoms with van der Waals surface area (Å²) in [4.78, 5) is 12.7. The van der Waals surface area contributed by atoms with Crippen LogP contribution in [-0.4, -0.2) is 33.4 Å². The molecule has 1 heterocycles. The SMILES string of the molecule is CCS(=O)(=O)N(CC(=O)N[C@@H](C)c1ccc(C)cc1C)c1ccc2c(c1)OCO2. The highest BCUT2D eigenvalue weighted by Gasteiger charge is 2.26. The van der Waals surface area contributed by atoms with Crippen LogP contribution in [0, 0.1) is 13.8 Å². The fourth-order valence-electron chi connectivity index (χ4n) is 3.35. The Morgan fingerprint density at radius 3 is 2.55 bits per heavy atom. The van der Waals surface area contributed by atoms with Crippen molar-refractivity contribution in [2.45, 2.75) is 33.7 Å². The maximum atomic E-state index is 12.7. The number of sulfonamides is 1. The summed E-state index contributed by atoms with van der Waals surface area (Å²) in [5.41, 5.74) is 3.58. The Morgan fingerprint density at radius 1 is 1.14 bits per heavy atom. The Bertz CT molecular complexity index is 1020. The first-order chi connectivity index (χ1) is 13.7. The third kappa shape index (κ3) is 4.64. The van der Waals surface area contributed by atoms with Gasteiger partial charge in [0.2, 0.25) is 22.7 Å². The smallest absolute Gasteiger partial charge is 0.241 e. The Kier molecular flexibility index (Phi) is 6.02. The van der Waals surface area contributed by atoms with Crippen LogP contribution in [0.15, 0.2) is 36.4 Å². The number of hydrogen-bond donors (Lipinski definition) is 1. The number of ether oxygens (including phenoxy) is 2. The highest BCUT2D eigenvalue weighted by Crippen LogP contribution is 2.36. The number of benzene rings is 2. The number of fused-ring (bicyclic) bond motifs is 1. The van der Waals surface area contributed by atoms with Crippen LogP contribution >= 0.6 is 0 Å². The van der Waals surface area contributed by atoms with Gasteiger partial charge in [-0.25, -0.2) is 8.42 Å². The van der Waals surface area contributed by atoms with Crippen molar-refractivity contribution in [3.63, 3.8) is 0 Å². The lowest BCUT2D eigenvalue weighted by atomic mass is 10.0. The molecule has 1 aliphatic heterocycles. The van der Waals surface area contributed by atoms with E-state index in [1.807, 2.05) is 32.9 Å². The second-order valence-corrected chi connectivity index (χ2v) is 9.28. The minimum absolute atomic E-state index is 0.0905. The maximum Gasteiger partial charge on any atom is 0.241 e. The van der Waals surface area contributed by atoms with Crippen molar-refractivity contribution in [1.82, 2.24) is 5.32 Å². The lowest BCUT2D eigenvalue weighted by molar-refractivity contribution is -0.120. The van der Waals surface area contributed by atoms with Crippen molar-refractivity contribution in [2.75, 3.05) is 23.4 Å². The molecule has 0 radical (unpaired) electrons. The number of aryl methyl sites for hydroxylation is 2. The van der Waals surface area contributed by atoms with Crippen LogP contribution < -0.4 is 19.1 Å². The molecule has 7 nitrogen and oxygen atoms in total. The minimum Gasteiger partial charge on any atom is -0.454 e. The summed E-state index contributed by atoms with van der Waals surface area (Å²) in [5.74, 6) is 0.506. The third-order valence-corrected chi connectivity index (χ3v) is 6.64. The van der Waals surface area contributed by atoms with Crippen molar-refractivity contribution in [3.05, 3.63) is 53.1 Å². The van der Waals surface area contributed by atoms with Crippen molar-refractivity contribution < 1.29 is 22.7 Å². The number of carbonyl (C=O) groups excluding carboxylic acids is 1. The first-order valence-electron chi connectivity index (χ1n) is 9.48. The van der Waals surface area contributed by atoms with Gasteiger partial charge in [0.05, 0.1) is 17.5 Å². The molecule has 156 valence electrons. The molecule has 0 aliphatic carbocycles. The van der Waals surface area contributed by atoms with Gasteiger partial charge in [-0.15, -0.1) is 0 Å². The lowest BCUT2D eigenvalue weighted by Crippen LogP contribution is -2.42. The molecule has 1 aliphatic rings. The first kappa shape index (κ1) is 21.0. The molecule has 2 aromatic rings. The van der Waals surface area contributed by atoms with E-state index < -0.39 is 10.0 Å². The molecule has 0 unspecified atom stereocenters. The van der Waals surface area contributed by atoms with E-state index in [1.54, 1.807) is 25.1 Å². The summed E-state index contributed by atoms with van der Waals surface area (Å²) in [5, 5.41) is 2.90. The number of carbonyl (C=O) groups is 1. The van der Waals surface area contributed by atoms with Crippen LogP contribution in [0.2, 0.25) is 0 Å². The number of nitrogens with zero attached hydrogens (tertiary/aromatic N) is 1. The first-order valence-corrected chi connectivity index (χ1v) is 11.1. The predicted molar refractivity (Wildman–Crippen MR) is 112 cm³/mol. The molecule has 2 aromatic carbocycles. The summed E-state index contributed by atoms with van der Waals surface area (Å²) in [7, 11) is -3.66. The maximum absolute atomic E-state index is 12.7. The van der Waals surface area contributed by atoms with Gasteiger partial charge in [-0.2, -0.15) is 0 Å². The van der Waals surface area contributed by atoms with Gasteiger partial charge >= 0.3 is 0 Å². The number of anilines is 1. The Morgan fingerprint density at radius 2 is 1.86 bits per heavy atom. The number of nitrogens with one attached hydrogen (secondary N) is 1. The molecule has 0 bridgehead atoms. The van der Waals surface area contributed by atoms with Crippen LogP contribution in [-0.2, 0) is 14.8 Å². The monoisotopic (exact) mass is 418 g/mol. The topological polar surface area (TPSA) is 84.9 Å². The molecule has 29 heavy (non-hydrogen) atoms. The fourth-order valence-corrected chi connectivity index (χ4v) is 4.41. The summed E-state index contributed by atoms with van der Waals surface area (Å²) in [6.45, 7) is 7.21. The van der Waals surface area contributed by atoms with E-state index in [2.05, 4.69) is 11.4 Å². The van der Waals surface area contributed by atoms with E-state index >= 15 is 0 Å². The van der Waals surface area contributed by atoms with Gasteiger partial charge in [0.15, 0.2) is 11.5 Å². The predicted octanol–water partition coefficient (Wildman–Crippen LogP) is 3.07. The second-order valence-electron chi connectivity index (χ2n) is 7.09. The summed E-state index contributed by atoms with van der Waals surface area (Å²) < 4.78 is 37.0. The minimum atomic E-state index is -3.66. The highest BCUT2D eigenvalue weighted by molar-refractivity contribution is 7.92. The van der Waals surface area contributed by atoms with Crippen molar-refractivity contribution in [2.24, 2.45) is 0 Å². The van der Waals surface area contributed by atoms with Crippen LogP contribution in [0.25, 0.3) is 0 Å². The molecular formula is C21H26N2O5S. The van der Waals surface area contributed by atoms with E-state index in [9.17, 15) is 13.2 Å². The van der Waals surface area contributed by atoms with Gasteiger partial charge < -0.3 is 14.8 Å². The van der Waals surface area contributed by atoms with Crippen LogP contribution in [0.4, 0.5) is 5.69 Å². The molecule has 0 aromatic heterocycles. The van der Waals surface area contributed by atoms with Gasteiger partial charge in [0.1, 0.15) is 6.54 Å². The third-order valence-electron chi connectivity index (χ3n) is 4.90. The van der Waals surface area contributed by atoms with E-state index in [0.717, 1.165) is 21.0 Å². The quantitative estimate of drug-likeness (QED) is 0.747. The van der Waals surface area contributed by atoms with Crippen molar-refractivity contribution >= 4 is 21.6 Å². The molecule has 0 spiro atoms. The Labute approximate surface area is 171 Å². The number of rotatable bonds is 7. The second kappa shape index (κ2) is 8.32. The molecule has 1 atom stereocenters. The standard InChI is InChI=1S/C21H26N2O5S/c1-5-29(25,26)23(17-7-9-19-20(11-17)28-13-27-19)12-21(24)22-16(4)18-8-6-14(2)10-15(18)3/h6-11,16H,5,12-13H2,1-4H3,(H,22,24)/t16-/m0/s1. The molecule has 1 amide bonds. The number of hydrogen-bond acceptors (Lipinski definition) is 5. The van der Waals surface area contributed by atoms with E-state index in [1.165, 1.54) is 0 Å². The molecule has 0 saturated carbocycles. The van der Waals surface area contributed by atoms with Gasteiger partial charge in [-0.1, -0.05) is 23.8 Å². The summed E-state index contributed by atoms with van der Waals surface area (Å²) in [6, 6.07) is 10.6. The fraction of sp³-hybridized carbons (Fsp3) is 0.381. The zero-order valence-electron chi connectivity index (χ0n) is 17.1. The van der Waals surface area contributed by atoms with E-state index in [0.29, 0.717) is 17.2 Å². The van der Waals surface area contributed by atoms with Gasteiger partial charge in [-0.3, -0.25) is 9.10 Å². The summed E-state index contributed by atoms with van der Waals surface area (Å²) >= 11 is 0. The van der Waals surface area contributed by atoms with E-state index in [4.69, 9.17) is 9.47 Å². The van der Waals surface area contributed by atoms with Crippen molar-refractivity contribution in [1.29, 1.82) is 0 Å². The zero-order valence-corrected chi connectivity index (χ0v) is 17.9. The average Bonchev–Trinajstić information content (AvgIpc) is 3.13.